The van der Waals surface area contributed by atoms with Gasteiger partial charge in [-0.2, -0.15) is 0 Å². The number of carbonyl (C=O) groups is 1. The van der Waals surface area contributed by atoms with Gasteiger partial charge < -0.3 is 9.47 Å². The molecule has 0 atom stereocenters. The zero-order valence-electron chi connectivity index (χ0n) is 18.2. The number of amides is 1. The van der Waals surface area contributed by atoms with Gasteiger partial charge in [-0.15, -0.1) is 0 Å². The van der Waals surface area contributed by atoms with E-state index >= 15 is 0 Å². The molecule has 0 aliphatic carbocycles. The first-order valence-corrected chi connectivity index (χ1v) is 11.0. The molecule has 5 nitrogen and oxygen atoms in total. The number of methoxy groups -OCH3 is 2. The summed E-state index contributed by atoms with van der Waals surface area (Å²) in [6.07, 6.45) is 1.84. The van der Waals surface area contributed by atoms with Crippen molar-refractivity contribution in [3.8, 4) is 11.5 Å². The normalized spacial score (nSPS) is 16.1. The highest BCUT2D eigenvalue weighted by atomic mass is 32.2. The zero-order chi connectivity index (χ0) is 22.5. The average Bonchev–Trinajstić information content (AvgIpc) is 3.09. The summed E-state index contributed by atoms with van der Waals surface area (Å²) in [5, 5.41) is 0.649. The molecule has 1 saturated heterocycles. The van der Waals surface area contributed by atoms with Gasteiger partial charge in [0, 0.05) is 5.56 Å². The van der Waals surface area contributed by atoms with Crippen LogP contribution in [0.25, 0.3) is 6.08 Å². The second-order valence-electron chi connectivity index (χ2n) is 7.30. The van der Waals surface area contributed by atoms with Crippen molar-refractivity contribution in [3.05, 3.63) is 94.4 Å². The minimum atomic E-state index is -0.0883. The molecular formula is C26H24N2O3S. The molecular weight excluding hydrogens is 420 g/mol. The molecule has 1 aliphatic heterocycles. The van der Waals surface area contributed by atoms with Crippen molar-refractivity contribution in [2.24, 2.45) is 4.99 Å². The van der Waals surface area contributed by atoms with Crippen LogP contribution in [-0.4, -0.2) is 30.2 Å². The number of carbonyl (C=O) groups excluding carboxylic acids is 1. The number of hydrogen-bond donors (Lipinski definition) is 0. The zero-order valence-corrected chi connectivity index (χ0v) is 19.1. The molecule has 1 amide bonds. The van der Waals surface area contributed by atoms with E-state index in [9.17, 15) is 4.79 Å². The summed E-state index contributed by atoms with van der Waals surface area (Å²) in [5.41, 5.74) is 3.79. The average molecular weight is 445 g/mol. The second kappa shape index (κ2) is 9.75. The molecule has 1 aliphatic rings. The Balaban J connectivity index is 1.73. The van der Waals surface area contributed by atoms with Crippen molar-refractivity contribution in [1.29, 1.82) is 0 Å². The van der Waals surface area contributed by atoms with E-state index in [-0.39, 0.29) is 5.91 Å². The smallest absolute Gasteiger partial charge is 0.267 e. The molecule has 0 unspecified atom stereocenters. The van der Waals surface area contributed by atoms with Crippen LogP contribution in [0, 0.1) is 6.92 Å². The van der Waals surface area contributed by atoms with Crippen molar-refractivity contribution in [1.82, 2.24) is 4.90 Å². The van der Waals surface area contributed by atoms with Gasteiger partial charge in [-0.25, -0.2) is 4.99 Å². The summed E-state index contributed by atoms with van der Waals surface area (Å²) in [4.78, 5) is 20.5. The highest BCUT2D eigenvalue weighted by molar-refractivity contribution is 8.18. The van der Waals surface area contributed by atoms with Crippen LogP contribution in [0.5, 0.6) is 11.5 Å². The molecule has 6 heteroatoms. The predicted molar refractivity (Wildman–Crippen MR) is 130 cm³/mol. The summed E-state index contributed by atoms with van der Waals surface area (Å²) in [6.45, 7) is 2.48. The first-order chi connectivity index (χ1) is 15.6. The third kappa shape index (κ3) is 4.70. The van der Waals surface area contributed by atoms with Gasteiger partial charge in [0.05, 0.1) is 31.4 Å². The number of nitrogens with zero attached hydrogens (tertiary/aromatic N) is 2. The molecule has 0 aromatic heterocycles. The first kappa shape index (κ1) is 21.7. The minimum absolute atomic E-state index is 0.0883. The first-order valence-electron chi connectivity index (χ1n) is 10.2. The highest BCUT2D eigenvalue weighted by Crippen LogP contribution is 2.38. The second-order valence-corrected chi connectivity index (χ2v) is 8.31. The number of ether oxygens (including phenoxy) is 2. The molecule has 1 heterocycles. The molecule has 0 radical (unpaired) electrons. The fourth-order valence-corrected chi connectivity index (χ4v) is 4.38. The van der Waals surface area contributed by atoms with Crippen molar-refractivity contribution < 1.29 is 14.3 Å². The number of aliphatic imine (C=N–C) groups is 1. The van der Waals surface area contributed by atoms with Gasteiger partial charge in [-0.1, -0.05) is 60.2 Å². The van der Waals surface area contributed by atoms with Gasteiger partial charge >= 0.3 is 0 Å². The molecule has 0 bridgehead atoms. The van der Waals surface area contributed by atoms with E-state index in [0.29, 0.717) is 28.1 Å². The number of benzene rings is 3. The van der Waals surface area contributed by atoms with E-state index in [1.807, 2.05) is 85.8 Å². The Morgan fingerprint density at radius 2 is 1.69 bits per heavy atom. The largest absolute Gasteiger partial charge is 0.493 e. The Kier molecular flexibility index (Phi) is 6.61. The molecule has 162 valence electrons. The van der Waals surface area contributed by atoms with Crippen molar-refractivity contribution in [2.75, 3.05) is 14.2 Å². The van der Waals surface area contributed by atoms with Crippen LogP contribution < -0.4 is 9.47 Å². The van der Waals surface area contributed by atoms with E-state index in [4.69, 9.17) is 14.5 Å². The van der Waals surface area contributed by atoms with Gasteiger partial charge in [0.15, 0.2) is 16.7 Å². The number of para-hydroxylation sites is 1. The topological polar surface area (TPSA) is 51.1 Å². The summed E-state index contributed by atoms with van der Waals surface area (Å²) in [6, 6.07) is 23.5. The SMILES string of the molecule is COc1cccc(/C=C2/SC(=Nc3ccc(C)cc3)N(Cc3ccccc3)C2=O)c1OC. The van der Waals surface area contributed by atoms with E-state index in [1.54, 1.807) is 19.1 Å². The van der Waals surface area contributed by atoms with Crippen molar-refractivity contribution in [2.45, 2.75) is 13.5 Å². The van der Waals surface area contributed by atoms with Gasteiger partial charge in [-0.3, -0.25) is 9.69 Å². The minimum Gasteiger partial charge on any atom is -0.493 e. The Morgan fingerprint density at radius 3 is 2.38 bits per heavy atom. The molecule has 3 aromatic rings. The predicted octanol–water partition coefficient (Wildman–Crippen LogP) is 5.82. The van der Waals surface area contributed by atoms with Gasteiger partial charge in [0.2, 0.25) is 0 Å². The van der Waals surface area contributed by atoms with Crippen LogP contribution in [0.15, 0.2) is 82.7 Å². The Bertz CT molecular complexity index is 1170. The third-order valence-corrected chi connectivity index (χ3v) is 6.06. The van der Waals surface area contributed by atoms with Crippen LogP contribution in [-0.2, 0) is 11.3 Å². The summed E-state index contributed by atoms with van der Waals surface area (Å²) in [7, 11) is 3.19. The maximum Gasteiger partial charge on any atom is 0.267 e. The molecule has 4 rings (SSSR count). The van der Waals surface area contributed by atoms with Crippen LogP contribution >= 0.6 is 11.8 Å². The van der Waals surface area contributed by atoms with E-state index < -0.39 is 0 Å². The fraction of sp³-hybridized carbons (Fsp3) is 0.154. The molecule has 1 fully saturated rings. The summed E-state index contributed by atoms with van der Waals surface area (Å²) >= 11 is 1.36. The molecule has 0 N–H and O–H groups in total. The molecule has 0 saturated carbocycles. The Hall–Kier alpha value is -3.51. The molecule has 3 aromatic carbocycles. The van der Waals surface area contributed by atoms with Gasteiger partial charge in [0.1, 0.15) is 0 Å². The van der Waals surface area contributed by atoms with Crippen LogP contribution in [0.1, 0.15) is 16.7 Å². The Labute approximate surface area is 192 Å². The van der Waals surface area contributed by atoms with Crippen LogP contribution in [0.3, 0.4) is 0 Å². The van der Waals surface area contributed by atoms with Gasteiger partial charge in [0.25, 0.3) is 5.91 Å². The lowest BCUT2D eigenvalue weighted by molar-refractivity contribution is -0.122. The maximum atomic E-state index is 13.4. The highest BCUT2D eigenvalue weighted by Gasteiger charge is 2.33. The molecule has 0 spiro atoms. The molecule has 32 heavy (non-hydrogen) atoms. The number of aryl methyl sites for hydroxylation is 1. The van der Waals surface area contributed by atoms with Gasteiger partial charge in [-0.05, 0) is 48.5 Å². The number of hydrogen-bond acceptors (Lipinski definition) is 5. The van der Waals surface area contributed by atoms with Crippen LogP contribution in [0.2, 0.25) is 0 Å². The monoisotopic (exact) mass is 444 g/mol. The summed E-state index contributed by atoms with van der Waals surface area (Å²) < 4.78 is 10.9. The summed E-state index contributed by atoms with van der Waals surface area (Å²) in [5.74, 6) is 1.12. The number of amidine groups is 1. The lowest BCUT2D eigenvalue weighted by Gasteiger charge is -2.15. The number of rotatable bonds is 6. The quantitative estimate of drug-likeness (QED) is 0.450. The van der Waals surface area contributed by atoms with Crippen LogP contribution in [0.4, 0.5) is 5.69 Å². The van der Waals surface area contributed by atoms with E-state index in [0.717, 1.165) is 22.4 Å². The van der Waals surface area contributed by atoms with Crippen molar-refractivity contribution in [3.63, 3.8) is 0 Å². The third-order valence-electron chi connectivity index (χ3n) is 5.05. The lowest BCUT2D eigenvalue weighted by atomic mass is 10.1. The van der Waals surface area contributed by atoms with Crippen molar-refractivity contribution >= 4 is 34.6 Å². The maximum absolute atomic E-state index is 13.4. The standard InChI is InChI=1S/C26H24N2O3S/c1-18-12-14-21(15-13-18)27-26-28(17-19-8-5-4-6-9-19)25(29)23(32-26)16-20-10-7-11-22(30-2)24(20)31-3/h4-16H,17H2,1-3H3/b23-16+,27-26?. The Morgan fingerprint density at radius 1 is 0.938 bits per heavy atom. The van der Waals surface area contributed by atoms with E-state index in [1.165, 1.54) is 11.8 Å². The fourth-order valence-electron chi connectivity index (χ4n) is 3.39. The lowest BCUT2D eigenvalue weighted by Crippen LogP contribution is -2.28. The number of thioether (sulfide) groups is 1. The van der Waals surface area contributed by atoms with E-state index in [2.05, 4.69) is 0 Å².